The zero-order valence-electron chi connectivity index (χ0n) is 11.4. The summed E-state index contributed by atoms with van der Waals surface area (Å²) in [6.07, 6.45) is -3.09. The molecule has 0 saturated carbocycles. The number of aromatic nitrogens is 2. The third-order valence-electron chi connectivity index (χ3n) is 2.76. The van der Waals surface area contributed by atoms with Crippen molar-refractivity contribution in [3.63, 3.8) is 0 Å². The third-order valence-corrected chi connectivity index (χ3v) is 3.01. The van der Waals surface area contributed by atoms with Crippen molar-refractivity contribution in [3.05, 3.63) is 47.1 Å². The van der Waals surface area contributed by atoms with Crippen LogP contribution in [0.1, 0.15) is 11.6 Å². The topological polar surface area (TPSA) is 59.0 Å². The molecule has 2 amide bonds. The first-order valence-corrected chi connectivity index (χ1v) is 6.53. The Morgan fingerprint density at radius 3 is 2.41 bits per heavy atom. The number of urea groups is 1. The van der Waals surface area contributed by atoms with Gasteiger partial charge in [-0.3, -0.25) is 10.00 Å². The maximum atomic E-state index is 13.1. The lowest BCUT2D eigenvalue weighted by Gasteiger charge is -2.22. The van der Waals surface area contributed by atoms with Crippen LogP contribution in [0.2, 0.25) is 5.02 Å². The zero-order chi connectivity index (χ0) is 16.3. The highest BCUT2D eigenvalue weighted by atomic mass is 35.5. The number of nitrogens with one attached hydrogen (secondary N) is 2. The molecular weight excluding hydrogens is 321 g/mol. The number of carbonyl (C=O) groups is 1. The minimum absolute atomic E-state index is 0.118. The molecule has 0 fully saturated rings. The quantitative estimate of drug-likeness (QED) is 0.903. The van der Waals surface area contributed by atoms with Gasteiger partial charge in [-0.15, -0.1) is 0 Å². The molecule has 1 atom stereocenters. The predicted molar refractivity (Wildman–Crippen MR) is 75.6 cm³/mol. The van der Waals surface area contributed by atoms with Crippen molar-refractivity contribution in [2.75, 3.05) is 5.32 Å². The Morgan fingerprint density at radius 1 is 1.27 bits per heavy atom. The zero-order valence-corrected chi connectivity index (χ0v) is 12.1. The number of hydrogen-bond acceptors (Lipinski definition) is 2. The van der Waals surface area contributed by atoms with E-state index in [1.165, 1.54) is 35.0 Å². The summed E-state index contributed by atoms with van der Waals surface area (Å²) in [4.78, 5) is 11.7. The second kappa shape index (κ2) is 6.27. The molecule has 1 heterocycles. The molecule has 0 radical (unpaired) electrons. The van der Waals surface area contributed by atoms with Gasteiger partial charge in [-0.05, 0) is 17.7 Å². The van der Waals surface area contributed by atoms with Crippen LogP contribution in [0.15, 0.2) is 36.5 Å². The second-order valence-corrected chi connectivity index (χ2v) is 4.94. The minimum Gasteiger partial charge on any atom is -0.322 e. The number of hydrogen-bond donors (Lipinski definition) is 2. The van der Waals surface area contributed by atoms with Gasteiger partial charge in [-0.25, -0.2) is 4.79 Å². The number of rotatable bonds is 3. The van der Waals surface area contributed by atoms with Gasteiger partial charge in [-0.2, -0.15) is 18.3 Å². The third kappa shape index (κ3) is 4.14. The fourth-order valence-electron chi connectivity index (χ4n) is 1.77. The molecule has 118 valence electrons. The number of carbonyl (C=O) groups excluding carboxylic acids is 1. The van der Waals surface area contributed by atoms with Gasteiger partial charge in [0, 0.05) is 24.3 Å². The van der Waals surface area contributed by atoms with Crippen molar-refractivity contribution in [1.82, 2.24) is 15.1 Å². The van der Waals surface area contributed by atoms with Gasteiger partial charge in [0.1, 0.15) is 0 Å². The summed E-state index contributed by atoms with van der Waals surface area (Å²) in [5.41, 5.74) is -0.118. The van der Waals surface area contributed by atoms with Crippen LogP contribution in [0.3, 0.4) is 0 Å². The summed E-state index contributed by atoms with van der Waals surface area (Å²) in [6.45, 7) is 0. The van der Waals surface area contributed by atoms with Crippen LogP contribution < -0.4 is 10.6 Å². The Balaban J connectivity index is 2.13. The molecule has 0 aliphatic carbocycles. The summed E-state index contributed by atoms with van der Waals surface area (Å²) in [5.74, 6) is 0.150. The van der Waals surface area contributed by atoms with Gasteiger partial charge >= 0.3 is 12.2 Å². The van der Waals surface area contributed by atoms with Crippen molar-refractivity contribution in [3.8, 4) is 0 Å². The first kappa shape index (κ1) is 16.2. The molecule has 2 N–H and O–H groups in total. The lowest BCUT2D eigenvalue weighted by Crippen LogP contribution is -2.40. The Bertz CT molecular complexity index is 654. The normalized spacial score (nSPS) is 12.8. The lowest BCUT2D eigenvalue weighted by molar-refractivity contribution is -0.154. The number of alkyl halides is 3. The highest BCUT2D eigenvalue weighted by Crippen LogP contribution is 2.33. The molecule has 2 aromatic rings. The van der Waals surface area contributed by atoms with Gasteiger partial charge in [0.2, 0.25) is 0 Å². The minimum atomic E-state index is -4.64. The van der Waals surface area contributed by atoms with E-state index < -0.39 is 18.2 Å². The fraction of sp³-hybridized carbons (Fsp3) is 0.231. The molecule has 0 aliphatic rings. The van der Waals surface area contributed by atoms with Gasteiger partial charge < -0.3 is 5.32 Å². The molecule has 22 heavy (non-hydrogen) atoms. The Labute approximate surface area is 129 Å². The average molecular weight is 333 g/mol. The number of anilines is 1. The summed E-state index contributed by atoms with van der Waals surface area (Å²) in [6, 6.07) is 3.39. The number of aryl methyl sites for hydroxylation is 1. The van der Waals surface area contributed by atoms with Gasteiger partial charge in [-0.1, -0.05) is 23.7 Å². The van der Waals surface area contributed by atoms with E-state index in [0.29, 0.717) is 5.02 Å². The van der Waals surface area contributed by atoms with Crippen molar-refractivity contribution in [2.45, 2.75) is 12.2 Å². The average Bonchev–Trinajstić information content (AvgIpc) is 2.81. The van der Waals surface area contributed by atoms with Gasteiger partial charge in [0.15, 0.2) is 11.9 Å². The van der Waals surface area contributed by atoms with Crippen molar-refractivity contribution >= 4 is 23.4 Å². The Hall–Kier alpha value is -2.22. The molecule has 9 heteroatoms. The van der Waals surface area contributed by atoms with E-state index in [1.54, 1.807) is 13.2 Å². The molecule has 0 unspecified atom stereocenters. The van der Waals surface area contributed by atoms with E-state index in [1.807, 2.05) is 5.32 Å². The van der Waals surface area contributed by atoms with Crippen LogP contribution in [-0.2, 0) is 7.05 Å². The predicted octanol–water partition coefficient (Wildman–Crippen LogP) is 3.50. The SMILES string of the molecule is Cn1ccc(NC(=O)N[C@H](c2ccc(Cl)cc2)C(F)(F)F)n1. The largest absolute Gasteiger partial charge is 0.412 e. The molecule has 1 aromatic carbocycles. The summed E-state index contributed by atoms with van der Waals surface area (Å²) >= 11 is 5.65. The van der Waals surface area contributed by atoms with Crippen LogP contribution in [0.5, 0.6) is 0 Å². The highest BCUT2D eigenvalue weighted by Gasteiger charge is 2.42. The molecule has 0 spiro atoms. The number of amides is 2. The smallest absolute Gasteiger partial charge is 0.322 e. The van der Waals surface area contributed by atoms with Crippen LogP contribution in [0, 0.1) is 0 Å². The van der Waals surface area contributed by atoms with E-state index in [0.717, 1.165) is 0 Å². The maximum Gasteiger partial charge on any atom is 0.412 e. The number of halogens is 4. The van der Waals surface area contributed by atoms with Gasteiger partial charge in [0.25, 0.3) is 0 Å². The Morgan fingerprint density at radius 2 is 1.91 bits per heavy atom. The molecule has 1 aromatic heterocycles. The first-order valence-electron chi connectivity index (χ1n) is 6.15. The standard InChI is InChI=1S/C13H12ClF3N4O/c1-21-7-6-10(20-21)18-12(22)19-11(13(15,16)17)8-2-4-9(14)5-3-8/h2-7,11H,1H3,(H2,18,19,20,22)/t11-/m1/s1. The van der Waals surface area contributed by atoms with Crippen molar-refractivity contribution in [1.29, 1.82) is 0 Å². The summed E-state index contributed by atoms with van der Waals surface area (Å²) in [7, 11) is 1.62. The van der Waals surface area contributed by atoms with Crippen molar-refractivity contribution < 1.29 is 18.0 Å². The van der Waals surface area contributed by atoms with Gasteiger partial charge in [0.05, 0.1) is 0 Å². The molecule has 5 nitrogen and oxygen atoms in total. The van der Waals surface area contributed by atoms with Crippen molar-refractivity contribution in [2.24, 2.45) is 7.05 Å². The first-order chi connectivity index (χ1) is 10.3. The maximum absolute atomic E-state index is 13.1. The van der Waals surface area contributed by atoms with E-state index >= 15 is 0 Å². The van der Waals surface area contributed by atoms with Crippen LogP contribution in [0.4, 0.5) is 23.8 Å². The van der Waals surface area contributed by atoms with E-state index in [2.05, 4.69) is 10.4 Å². The highest BCUT2D eigenvalue weighted by molar-refractivity contribution is 6.30. The molecule has 2 rings (SSSR count). The molecule has 0 aliphatic heterocycles. The summed E-state index contributed by atoms with van der Waals surface area (Å²) < 4.78 is 40.8. The van der Waals surface area contributed by atoms with E-state index in [-0.39, 0.29) is 11.4 Å². The van der Waals surface area contributed by atoms with E-state index in [9.17, 15) is 18.0 Å². The number of nitrogens with zero attached hydrogens (tertiary/aromatic N) is 2. The van der Waals surface area contributed by atoms with Crippen LogP contribution in [0.25, 0.3) is 0 Å². The number of benzene rings is 1. The van der Waals surface area contributed by atoms with Crippen LogP contribution in [-0.4, -0.2) is 22.0 Å². The molecule has 0 bridgehead atoms. The fourth-order valence-corrected chi connectivity index (χ4v) is 1.90. The lowest BCUT2D eigenvalue weighted by atomic mass is 10.1. The Kier molecular flexibility index (Phi) is 4.60. The second-order valence-electron chi connectivity index (χ2n) is 4.50. The summed E-state index contributed by atoms with van der Waals surface area (Å²) in [5, 5.41) is 8.28. The molecule has 0 saturated heterocycles. The molecular formula is C13H12ClF3N4O. The monoisotopic (exact) mass is 332 g/mol. The van der Waals surface area contributed by atoms with E-state index in [4.69, 9.17) is 11.6 Å². The van der Waals surface area contributed by atoms with Crippen LogP contribution >= 0.6 is 11.6 Å².